The number of esters is 1. The van der Waals surface area contributed by atoms with Crippen molar-refractivity contribution in [3.63, 3.8) is 0 Å². The molecule has 1 atom stereocenters. The van der Waals surface area contributed by atoms with Gasteiger partial charge in [-0.25, -0.2) is 4.79 Å². The van der Waals surface area contributed by atoms with E-state index in [1.807, 2.05) is 12.1 Å². The van der Waals surface area contributed by atoms with Gasteiger partial charge in [0.25, 0.3) is 0 Å². The SMILES string of the molecule is C=CCC(CC(C)C)OCC#CCOC(=O)c1ccccc1. The van der Waals surface area contributed by atoms with Crippen molar-refractivity contribution >= 4 is 5.97 Å². The Kier molecular flexibility index (Phi) is 8.71. The fourth-order valence-electron chi connectivity index (χ4n) is 1.96. The van der Waals surface area contributed by atoms with Crippen LogP contribution in [0.2, 0.25) is 0 Å². The van der Waals surface area contributed by atoms with Gasteiger partial charge in [-0.15, -0.1) is 6.58 Å². The molecule has 0 saturated carbocycles. The number of carbonyl (C=O) groups excluding carboxylic acids is 1. The third-order valence-electron chi connectivity index (χ3n) is 2.96. The van der Waals surface area contributed by atoms with Crippen LogP contribution >= 0.6 is 0 Å². The number of carbonyl (C=O) groups is 1. The van der Waals surface area contributed by atoms with Crippen molar-refractivity contribution in [2.24, 2.45) is 5.92 Å². The van der Waals surface area contributed by atoms with Crippen molar-refractivity contribution in [3.8, 4) is 11.8 Å². The molecule has 0 amide bonds. The van der Waals surface area contributed by atoms with E-state index in [0.29, 0.717) is 18.1 Å². The van der Waals surface area contributed by atoms with Crippen LogP contribution in [0.4, 0.5) is 0 Å². The first-order valence-electron chi connectivity index (χ1n) is 7.54. The largest absolute Gasteiger partial charge is 0.449 e. The Morgan fingerprint density at radius 3 is 2.55 bits per heavy atom. The lowest BCUT2D eigenvalue weighted by molar-refractivity contribution is 0.0551. The molecule has 3 heteroatoms. The maximum Gasteiger partial charge on any atom is 0.339 e. The first-order chi connectivity index (χ1) is 10.6. The molecule has 118 valence electrons. The molecule has 0 spiro atoms. The third kappa shape index (κ3) is 7.66. The summed E-state index contributed by atoms with van der Waals surface area (Å²) in [5.41, 5.74) is 0.531. The number of hydrogen-bond donors (Lipinski definition) is 0. The summed E-state index contributed by atoms with van der Waals surface area (Å²) in [6.07, 6.45) is 3.82. The zero-order valence-electron chi connectivity index (χ0n) is 13.4. The van der Waals surface area contributed by atoms with Crippen molar-refractivity contribution < 1.29 is 14.3 Å². The van der Waals surface area contributed by atoms with Crippen LogP contribution < -0.4 is 0 Å². The highest BCUT2D eigenvalue weighted by Gasteiger charge is 2.08. The van der Waals surface area contributed by atoms with E-state index in [2.05, 4.69) is 32.3 Å². The Balaban J connectivity index is 2.27. The van der Waals surface area contributed by atoms with Crippen LogP contribution in [0.3, 0.4) is 0 Å². The zero-order chi connectivity index (χ0) is 16.2. The predicted molar refractivity (Wildman–Crippen MR) is 88.5 cm³/mol. The molecule has 1 unspecified atom stereocenters. The van der Waals surface area contributed by atoms with Gasteiger partial charge in [0.15, 0.2) is 6.61 Å². The number of benzene rings is 1. The van der Waals surface area contributed by atoms with Crippen molar-refractivity contribution in [1.29, 1.82) is 0 Å². The number of ether oxygens (including phenoxy) is 2. The normalized spacial score (nSPS) is 11.4. The fourth-order valence-corrected chi connectivity index (χ4v) is 1.96. The lowest BCUT2D eigenvalue weighted by Gasteiger charge is -2.16. The van der Waals surface area contributed by atoms with Crippen molar-refractivity contribution in [3.05, 3.63) is 48.6 Å². The number of hydrogen-bond acceptors (Lipinski definition) is 3. The average Bonchev–Trinajstić information content (AvgIpc) is 2.51. The Hall–Kier alpha value is -2.05. The summed E-state index contributed by atoms with van der Waals surface area (Å²) in [6, 6.07) is 8.87. The maximum atomic E-state index is 11.7. The van der Waals surface area contributed by atoms with Gasteiger partial charge in [-0.1, -0.05) is 50.0 Å². The summed E-state index contributed by atoms with van der Waals surface area (Å²) in [6.45, 7) is 8.48. The summed E-state index contributed by atoms with van der Waals surface area (Å²) < 4.78 is 10.8. The van der Waals surface area contributed by atoms with Crippen LogP contribution in [0.25, 0.3) is 0 Å². The van der Waals surface area contributed by atoms with Crippen molar-refractivity contribution in [1.82, 2.24) is 0 Å². The molecule has 0 heterocycles. The Labute approximate surface area is 133 Å². The topological polar surface area (TPSA) is 35.5 Å². The smallest absolute Gasteiger partial charge is 0.339 e. The lowest BCUT2D eigenvalue weighted by atomic mass is 10.0. The van der Waals surface area contributed by atoms with Crippen LogP contribution in [-0.2, 0) is 9.47 Å². The van der Waals surface area contributed by atoms with E-state index in [-0.39, 0.29) is 18.7 Å². The molecule has 22 heavy (non-hydrogen) atoms. The summed E-state index contributed by atoms with van der Waals surface area (Å²) in [5.74, 6) is 5.88. The van der Waals surface area contributed by atoms with E-state index in [4.69, 9.17) is 9.47 Å². The van der Waals surface area contributed by atoms with E-state index in [1.54, 1.807) is 24.3 Å². The highest BCUT2D eigenvalue weighted by atomic mass is 16.5. The minimum atomic E-state index is -0.361. The van der Waals surface area contributed by atoms with E-state index >= 15 is 0 Å². The van der Waals surface area contributed by atoms with Gasteiger partial charge in [0.2, 0.25) is 0 Å². The van der Waals surface area contributed by atoms with Crippen molar-refractivity contribution in [2.75, 3.05) is 13.2 Å². The predicted octanol–water partition coefficient (Wildman–Crippen LogP) is 3.85. The molecule has 0 aliphatic heterocycles. The molecule has 0 aliphatic carbocycles. The van der Waals surface area contributed by atoms with Crippen molar-refractivity contribution in [2.45, 2.75) is 32.8 Å². The lowest BCUT2D eigenvalue weighted by Crippen LogP contribution is -2.15. The Bertz CT molecular complexity index is 508. The fraction of sp³-hybridized carbons (Fsp3) is 0.421. The summed E-state index contributed by atoms with van der Waals surface area (Å²) in [5, 5.41) is 0. The molecule has 3 nitrogen and oxygen atoms in total. The summed E-state index contributed by atoms with van der Waals surface area (Å²) in [7, 11) is 0. The molecule has 1 rings (SSSR count). The van der Waals surface area contributed by atoms with E-state index < -0.39 is 0 Å². The Morgan fingerprint density at radius 1 is 1.23 bits per heavy atom. The molecule has 0 radical (unpaired) electrons. The van der Waals surface area contributed by atoms with Gasteiger partial charge < -0.3 is 9.47 Å². The van der Waals surface area contributed by atoms with E-state index in [9.17, 15) is 4.79 Å². The average molecular weight is 300 g/mol. The second-order valence-electron chi connectivity index (χ2n) is 5.38. The van der Waals surface area contributed by atoms with Gasteiger partial charge in [-0.05, 0) is 30.9 Å². The first-order valence-corrected chi connectivity index (χ1v) is 7.54. The van der Waals surface area contributed by atoms with Crippen LogP contribution in [0.15, 0.2) is 43.0 Å². The number of rotatable bonds is 8. The molecule has 0 aromatic heterocycles. The zero-order valence-corrected chi connectivity index (χ0v) is 13.4. The quantitative estimate of drug-likeness (QED) is 0.415. The minimum absolute atomic E-state index is 0.0768. The monoisotopic (exact) mass is 300 g/mol. The van der Waals surface area contributed by atoms with Crippen LogP contribution in [0, 0.1) is 17.8 Å². The second-order valence-corrected chi connectivity index (χ2v) is 5.38. The minimum Gasteiger partial charge on any atom is -0.449 e. The molecule has 1 aromatic carbocycles. The first kappa shape index (κ1) is 18.0. The second kappa shape index (κ2) is 10.6. The van der Waals surface area contributed by atoms with Crippen LogP contribution in [0.1, 0.15) is 37.0 Å². The molecule has 0 saturated heterocycles. The van der Waals surface area contributed by atoms with Crippen LogP contribution in [-0.4, -0.2) is 25.3 Å². The molecular weight excluding hydrogens is 276 g/mol. The van der Waals surface area contributed by atoms with E-state index in [0.717, 1.165) is 12.8 Å². The van der Waals surface area contributed by atoms with Gasteiger partial charge in [0.1, 0.15) is 6.61 Å². The molecule has 1 aromatic rings. The van der Waals surface area contributed by atoms with Gasteiger partial charge in [0.05, 0.1) is 11.7 Å². The Morgan fingerprint density at radius 2 is 1.91 bits per heavy atom. The molecule has 0 N–H and O–H groups in total. The highest BCUT2D eigenvalue weighted by molar-refractivity contribution is 5.89. The maximum absolute atomic E-state index is 11.7. The van der Waals surface area contributed by atoms with Gasteiger partial charge in [-0.2, -0.15) is 0 Å². The molecule has 0 fully saturated rings. The standard InChI is InChI=1S/C19H24O3/c1-4-10-18(15-16(2)3)21-13-8-9-14-22-19(20)17-11-6-5-7-12-17/h4-7,11-12,16,18H,1,10,13-15H2,2-3H3. The van der Waals surface area contributed by atoms with Gasteiger partial charge in [-0.3, -0.25) is 0 Å². The summed E-state index contributed by atoms with van der Waals surface area (Å²) in [4.78, 5) is 11.7. The van der Waals surface area contributed by atoms with Gasteiger partial charge >= 0.3 is 5.97 Å². The highest BCUT2D eigenvalue weighted by Crippen LogP contribution is 2.11. The van der Waals surface area contributed by atoms with Gasteiger partial charge in [0, 0.05) is 0 Å². The summed E-state index contributed by atoms with van der Waals surface area (Å²) >= 11 is 0. The third-order valence-corrected chi connectivity index (χ3v) is 2.96. The molecule has 0 bridgehead atoms. The molecular formula is C19H24O3. The van der Waals surface area contributed by atoms with Crippen LogP contribution in [0.5, 0.6) is 0 Å². The van der Waals surface area contributed by atoms with E-state index in [1.165, 1.54) is 0 Å². The molecule has 0 aliphatic rings.